The fourth-order valence-electron chi connectivity index (χ4n) is 1.48. The Balaban J connectivity index is 1.94. The van der Waals surface area contributed by atoms with Gasteiger partial charge in [0.05, 0.1) is 5.75 Å². The Bertz CT molecular complexity index is 648. The van der Waals surface area contributed by atoms with Crippen LogP contribution < -0.4 is 5.32 Å². The van der Waals surface area contributed by atoms with Gasteiger partial charge in [-0.25, -0.2) is 0 Å². The molecule has 0 aliphatic rings. The molecule has 0 unspecified atom stereocenters. The third-order valence-corrected chi connectivity index (χ3v) is 4.86. The molecule has 2 aromatic rings. The fraction of sp³-hybridized carbons (Fsp3) is 0.250. The molecule has 0 saturated carbocycles. The number of thioether (sulfide) groups is 1. The monoisotopic (exact) mass is 311 g/mol. The largest absolute Gasteiger partial charge is 0.325 e. The highest BCUT2D eigenvalue weighted by molar-refractivity contribution is 8.01. The Hall–Kier alpha value is -1.18. The van der Waals surface area contributed by atoms with Gasteiger partial charge in [-0.15, -0.1) is 0 Å². The average molecular weight is 311 g/mol. The summed E-state index contributed by atoms with van der Waals surface area (Å²) in [4.78, 5) is 11.9. The molecule has 7 heteroatoms. The normalized spacial score (nSPS) is 10.4. The van der Waals surface area contributed by atoms with Crippen LogP contribution in [0.2, 0.25) is 0 Å². The van der Waals surface area contributed by atoms with Crippen LogP contribution in [0.1, 0.15) is 11.1 Å². The number of benzene rings is 1. The van der Waals surface area contributed by atoms with Crippen molar-refractivity contribution < 1.29 is 4.79 Å². The number of carbonyl (C=O) groups excluding carboxylic acids is 1. The Morgan fingerprint density at radius 3 is 3.00 bits per heavy atom. The van der Waals surface area contributed by atoms with E-state index in [0.29, 0.717) is 9.71 Å². The van der Waals surface area contributed by atoms with E-state index >= 15 is 0 Å². The van der Waals surface area contributed by atoms with Crippen molar-refractivity contribution in [1.29, 1.82) is 0 Å². The molecular formula is C12H13N3OS3. The second-order valence-corrected chi connectivity index (χ2v) is 6.85. The summed E-state index contributed by atoms with van der Waals surface area (Å²) in [6, 6.07) is 5.87. The van der Waals surface area contributed by atoms with Gasteiger partial charge < -0.3 is 5.32 Å². The second kappa shape index (κ2) is 6.31. The van der Waals surface area contributed by atoms with Crippen LogP contribution in [0.15, 0.2) is 22.5 Å². The van der Waals surface area contributed by atoms with Crippen molar-refractivity contribution in [3.63, 3.8) is 0 Å². The number of aromatic amines is 1. The lowest BCUT2D eigenvalue weighted by molar-refractivity contribution is -0.113. The molecule has 0 aliphatic carbocycles. The fourth-order valence-corrected chi connectivity index (χ4v) is 3.36. The smallest absolute Gasteiger partial charge is 0.234 e. The third-order valence-electron chi connectivity index (χ3n) is 2.62. The maximum atomic E-state index is 11.9. The Morgan fingerprint density at radius 1 is 1.53 bits per heavy atom. The van der Waals surface area contributed by atoms with Crippen molar-refractivity contribution in [2.75, 3.05) is 11.1 Å². The Morgan fingerprint density at radius 2 is 2.32 bits per heavy atom. The Labute approximate surface area is 124 Å². The Kier molecular flexibility index (Phi) is 4.73. The molecule has 1 heterocycles. The van der Waals surface area contributed by atoms with E-state index in [0.717, 1.165) is 21.2 Å². The van der Waals surface area contributed by atoms with Gasteiger partial charge in [0.2, 0.25) is 5.91 Å². The van der Waals surface area contributed by atoms with Gasteiger partial charge in [-0.05, 0) is 43.3 Å². The lowest BCUT2D eigenvalue weighted by Gasteiger charge is -2.09. The lowest BCUT2D eigenvalue weighted by Crippen LogP contribution is -2.15. The van der Waals surface area contributed by atoms with E-state index in [-0.39, 0.29) is 5.91 Å². The number of aromatic nitrogens is 2. The maximum Gasteiger partial charge on any atom is 0.234 e. The molecule has 2 rings (SSSR count). The zero-order valence-corrected chi connectivity index (χ0v) is 13.0. The summed E-state index contributed by atoms with van der Waals surface area (Å²) in [7, 11) is 0. The van der Waals surface area contributed by atoms with Crippen molar-refractivity contribution in [3.05, 3.63) is 33.3 Å². The summed E-state index contributed by atoms with van der Waals surface area (Å²) < 4.78 is 1.40. The van der Waals surface area contributed by atoms with E-state index in [2.05, 4.69) is 15.5 Å². The zero-order valence-electron chi connectivity index (χ0n) is 10.5. The first kappa shape index (κ1) is 14.2. The number of aryl methyl sites for hydroxylation is 1. The summed E-state index contributed by atoms with van der Waals surface area (Å²) in [5, 5.41) is 9.60. The van der Waals surface area contributed by atoms with Crippen LogP contribution in [0.5, 0.6) is 0 Å². The number of rotatable bonds is 4. The van der Waals surface area contributed by atoms with Crippen molar-refractivity contribution >= 4 is 46.9 Å². The van der Waals surface area contributed by atoms with Gasteiger partial charge in [0.1, 0.15) is 0 Å². The summed E-state index contributed by atoms with van der Waals surface area (Å²) in [6.45, 7) is 4.02. The van der Waals surface area contributed by atoms with Crippen LogP contribution >= 0.6 is 35.3 Å². The topological polar surface area (TPSA) is 57.8 Å². The van der Waals surface area contributed by atoms with E-state index in [1.807, 2.05) is 32.0 Å². The summed E-state index contributed by atoms with van der Waals surface area (Å²) in [5.41, 5.74) is 3.12. The van der Waals surface area contributed by atoms with Crippen LogP contribution in [0.25, 0.3) is 0 Å². The van der Waals surface area contributed by atoms with Crippen LogP contribution in [-0.2, 0) is 4.79 Å². The number of anilines is 1. The molecule has 0 atom stereocenters. The van der Waals surface area contributed by atoms with E-state index in [1.165, 1.54) is 23.1 Å². The van der Waals surface area contributed by atoms with E-state index < -0.39 is 0 Å². The van der Waals surface area contributed by atoms with Crippen LogP contribution in [0.4, 0.5) is 5.69 Å². The predicted molar refractivity (Wildman–Crippen MR) is 82.6 cm³/mol. The van der Waals surface area contributed by atoms with Gasteiger partial charge >= 0.3 is 0 Å². The SMILES string of the molecule is Cc1cccc(NC(=O)CSc2n[nH]c(=S)s2)c1C. The van der Waals surface area contributed by atoms with Crippen LogP contribution in [0, 0.1) is 17.8 Å². The minimum Gasteiger partial charge on any atom is -0.325 e. The quantitative estimate of drug-likeness (QED) is 0.670. The van der Waals surface area contributed by atoms with E-state index in [1.54, 1.807) is 0 Å². The highest BCUT2D eigenvalue weighted by Gasteiger charge is 2.08. The first-order valence-corrected chi connectivity index (χ1v) is 7.81. The van der Waals surface area contributed by atoms with Crippen molar-refractivity contribution in [2.45, 2.75) is 18.2 Å². The molecule has 0 spiro atoms. The zero-order chi connectivity index (χ0) is 13.8. The van der Waals surface area contributed by atoms with Crippen molar-refractivity contribution in [1.82, 2.24) is 10.2 Å². The number of hydrogen-bond acceptors (Lipinski definition) is 5. The highest BCUT2D eigenvalue weighted by Crippen LogP contribution is 2.22. The summed E-state index contributed by atoms with van der Waals surface area (Å²) >= 11 is 7.68. The molecule has 1 amide bonds. The van der Waals surface area contributed by atoms with Crippen LogP contribution in [-0.4, -0.2) is 21.9 Å². The number of nitrogens with zero attached hydrogens (tertiary/aromatic N) is 1. The molecule has 100 valence electrons. The van der Waals surface area contributed by atoms with E-state index in [9.17, 15) is 4.79 Å². The van der Waals surface area contributed by atoms with Crippen molar-refractivity contribution in [2.24, 2.45) is 0 Å². The summed E-state index contributed by atoms with van der Waals surface area (Å²) in [5.74, 6) is 0.281. The molecule has 0 fully saturated rings. The molecule has 0 bridgehead atoms. The number of H-pyrrole nitrogens is 1. The lowest BCUT2D eigenvalue weighted by atomic mass is 10.1. The minimum atomic E-state index is -0.0418. The first-order valence-electron chi connectivity index (χ1n) is 5.60. The summed E-state index contributed by atoms with van der Waals surface area (Å²) in [6.07, 6.45) is 0. The maximum absolute atomic E-state index is 11.9. The molecule has 0 aliphatic heterocycles. The second-order valence-electron chi connectivity index (χ2n) is 3.96. The number of nitrogens with one attached hydrogen (secondary N) is 2. The van der Waals surface area contributed by atoms with Gasteiger partial charge in [0, 0.05) is 5.69 Å². The van der Waals surface area contributed by atoms with Crippen molar-refractivity contribution in [3.8, 4) is 0 Å². The number of carbonyl (C=O) groups is 1. The van der Waals surface area contributed by atoms with Crippen LogP contribution in [0.3, 0.4) is 0 Å². The average Bonchev–Trinajstić information content (AvgIpc) is 2.78. The minimum absolute atomic E-state index is 0.0418. The van der Waals surface area contributed by atoms with Gasteiger partial charge in [-0.1, -0.05) is 35.2 Å². The molecule has 4 nitrogen and oxygen atoms in total. The standard InChI is InChI=1S/C12H13N3OS3/c1-7-4-3-5-9(8(7)2)13-10(16)6-18-12-15-14-11(17)19-12/h3-5H,6H2,1-2H3,(H,13,16)(H,14,17). The first-order chi connectivity index (χ1) is 9.06. The van der Waals surface area contributed by atoms with Gasteiger partial charge in [0.25, 0.3) is 0 Å². The van der Waals surface area contributed by atoms with Gasteiger partial charge in [-0.2, -0.15) is 5.10 Å². The molecule has 19 heavy (non-hydrogen) atoms. The molecule has 0 radical (unpaired) electrons. The third kappa shape index (κ3) is 3.89. The van der Waals surface area contributed by atoms with Gasteiger partial charge in [-0.3, -0.25) is 9.89 Å². The van der Waals surface area contributed by atoms with Gasteiger partial charge in [0.15, 0.2) is 8.29 Å². The molecule has 2 N–H and O–H groups in total. The molecule has 1 aromatic carbocycles. The molecular weight excluding hydrogens is 298 g/mol. The van der Waals surface area contributed by atoms with E-state index in [4.69, 9.17) is 12.2 Å². The predicted octanol–water partition coefficient (Wildman–Crippen LogP) is 3.55. The molecule has 0 saturated heterocycles. The number of hydrogen-bond donors (Lipinski definition) is 2. The number of amides is 1. The highest BCUT2D eigenvalue weighted by atomic mass is 32.2. The molecule has 1 aromatic heterocycles.